The van der Waals surface area contributed by atoms with Crippen LogP contribution < -0.4 is 5.32 Å². The van der Waals surface area contributed by atoms with Gasteiger partial charge in [-0.25, -0.2) is 0 Å². The summed E-state index contributed by atoms with van der Waals surface area (Å²) in [6.45, 7) is 2.18. The molecule has 2 unspecified atom stereocenters. The molecule has 0 aliphatic heterocycles. The second-order valence-electron chi connectivity index (χ2n) is 5.99. The lowest BCUT2D eigenvalue weighted by atomic mass is 9.94. The Labute approximate surface area is 125 Å². The molecule has 5 heteroatoms. The number of carboxylic acid groups (broad SMARTS) is 1. The summed E-state index contributed by atoms with van der Waals surface area (Å²) in [7, 11) is 0. The second kappa shape index (κ2) is 7.34. The van der Waals surface area contributed by atoms with E-state index in [4.69, 9.17) is 5.11 Å². The highest BCUT2D eigenvalue weighted by atomic mass is 32.2. The molecule has 0 radical (unpaired) electrons. The molecule has 0 aromatic rings. The molecule has 0 aromatic carbocycles. The Morgan fingerprint density at radius 1 is 1.15 bits per heavy atom. The van der Waals surface area contributed by atoms with E-state index in [1.54, 1.807) is 0 Å². The van der Waals surface area contributed by atoms with Crippen molar-refractivity contribution in [2.24, 2.45) is 11.8 Å². The van der Waals surface area contributed by atoms with Crippen molar-refractivity contribution in [1.29, 1.82) is 0 Å². The number of carbonyl (C=O) groups is 2. The molecule has 0 aromatic heterocycles. The maximum Gasteiger partial charge on any atom is 0.306 e. The van der Waals surface area contributed by atoms with Crippen LogP contribution in [0.15, 0.2) is 0 Å². The highest BCUT2D eigenvalue weighted by molar-refractivity contribution is 7.99. The van der Waals surface area contributed by atoms with Gasteiger partial charge in [0, 0.05) is 17.2 Å². The molecule has 2 saturated carbocycles. The van der Waals surface area contributed by atoms with Gasteiger partial charge in [-0.3, -0.25) is 9.59 Å². The first-order chi connectivity index (χ1) is 9.60. The largest absolute Gasteiger partial charge is 0.481 e. The fourth-order valence-electron chi connectivity index (χ4n) is 3.43. The average molecular weight is 299 g/mol. The van der Waals surface area contributed by atoms with Crippen LogP contribution in [0.4, 0.5) is 0 Å². The minimum Gasteiger partial charge on any atom is -0.481 e. The van der Waals surface area contributed by atoms with Crippen LogP contribution in [0.3, 0.4) is 0 Å². The SMILES string of the molecule is CCSC1CCCC(NC(=O)[C@@H]2CC[C@H](C(=O)O)C2)C1. The van der Waals surface area contributed by atoms with Gasteiger partial charge in [0.2, 0.25) is 5.91 Å². The highest BCUT2D eigenvalue weighted by Gasteiger charge is 2.35. The van der Waals surface area contributed by atoms with Gasteiger partial charge in [0.15, 0.2) is 0 Å². The van der Waals surface area contributed by atoms with Crippen LogP contribution in [0, 0.1) is 11.8 Å². The van der Waals surface area contributed by atoms with Crippen molar-refractivity contribution in [3.05, 3.63) is 0 Å². The van der Waals surface area contributed by atoms with Crippen molar-refractivity contribution in [2.75, 3.05) is 5.75 Å². The normalized spacial score (nSPS) is 33.9. The van der Waals surface area contributed by atoms with Crippen LogP contribution in [-0.4, -0.2) is 34.0 Å². The van der Waals surface area contributed by atoms with Gasteiger partial charge in [-0.1, -0.05) is 13.3 Å². The third kappa shape index (κ3) is 4.14. The lowest BCUT2D eigenvalue weighted by molar-refractivity contribution is -0.141. The van der Waals surface area contributed by atoms with E-state index in [0.717, 1.165) is 25.0 Å². The number of thioether (sulfide) groups is 1. The summed E-state index contributed by atoms with van der Waals surface area (Å²) in [6.07, 6.45) is 6.47. The van der Waals surface area contributed by atoms with E-state index in [1.165, 1.54) is 12.8 Å². The topological polar surface area (TPSA) is 66.4 Å². The van der Waals surface area contributed by atoms with Crippen molar-refractivity contribution in [3.63, 3.8) is 0 Å². The molecule has 0 heterocycles. The first kappa shape index (κ1) is 15.7. The smallest absolute Gasteiger partial charge is 0.306 e. The fourth-order valence-corrected chi connectivity index (χ4v) is 4.60. The second-order valence-corrected chi connectivity index (χ2v) is 7.57. The quantitative estimate of drug-likeness (QED) is 0.819. The van der Waals surface area contributed by atoms with E-state index in [9.17, 15) is 9.59 Å². The third-order valence-corrected chi connectivity index (χ3v) is 5.76. The Hall–Kier alpha value is -0.710. The van der Waals surface area contributed by atoms with E-state index >= 15 is 0 Å². The van der Waals surface area contributed by atoms with Crippen molar-refractivity contribution < 1.29 is 14.7 Å². The first-order valence-electron chi connectivity index (χ1n) is 7.75. The van der Waals surface area contributed by atoms with Crippen LogP contribution in [0.25, 0.3) is 0 Å². The van der Waals surface area contributed by atoms with Crippen LogP contribution in [0.5, 0.6) is 0 Å². The predicted molar refractivity (Wildman–Crippen MR) is 80.8 cm³/mol. The Morgan fingerprint density at radius 3 is 2.55 bits per heavy atom. The van der Waals surface area contributed by atoms with E-state index in [2.05, 4.69) is 12.2 Å². The summed E-state index contributed by atoms with van der Waals surface area (Å²) >= 11 is 1.99. The molecule has 4 nitrogen and oxygen atoms in total. The van der Waals surface area contributed by atoms with Gasteiger partial charge >= 0.3 is 5.97 Å². The number of rotatable bonds is 5. The first-order valence-corrected chi connectivity index (χ1v) is 8.79. The number of carboxylic acids is 1. The lowest BCUT2D eigenvalue weighted by Crippen LogP contribution is -2.41. The number of aliphatic carboxylic acids is 1. The molecule has 4 atom stereocenters. The summed E-state index contributed by atoms with van der Waals surface area (Å²) in [5, 5.41) is 12.8. The minimum absolute atomic E-state index is 0.0842. The lowest BCUT2D eigenvalue weighted by Gasteiger charge is -2.30. The van der Waals surface area contributed by atoms with E-state index in [-0.39, 0.29) is 17.7 Å². The zero-order valence-corrected chi connectivity index (χ0v) is 13.0. The Kier molecular flexibility index (Phi) is 5.75. The third-order valence-electron chi connectivity index (χ3n) is 4.53. The molecule has 2 aliphatic rings. The number of hydrogen-bond donors (Lipinski definition) is 2. The highest BCUT2D eigenvalue weighted by Crippen LogP contribution is 2.32. The molecule has 2 fully saturated rings. The summed E-state index contributed by atoms with van der Waals surface area (Å²) in [5.74, 6) is 0.0583. The zero-order valence-electron chi connectivity index (χ0n) is 12.1. The molecule has 2 rings (SSSR count). The van der Waals surface area contributed by atoms with Gasteiger partial charge in [0.25, 0.3) is 0 Å². The van der Waals surface area contributed by atoms with Gasteiger partial charge in [0.05, 0.1) is 5.92 Å². The molecule has 0 saturated heterocycles. The fraction of sp³-hybridized carbons (Fsp3) is 0.867. The molecule has 0 bridgehead atoms. The number of carbonyl (C=O) groups excluding carboxylic acids is 1. The molecule has 0 spiro atoms. The monoisotopic (exact) mass is 299 g/mol. The van der Waals surface area contributed by atoms with Crippen molar-refractivity contribution >= 4 is 23.6 Å². The molecule has 1 amide bonds. The van der Waals surface area contributed by atoms with Gasteiger partial charge in [-0.15, -0.1) is 0 Å². The summed E-state index contributed by atoms with van der Waals surface area (Å²) < 4.78 is 0. The van der Waals surface area contributed by atoms with E-state index < -0.39 is 5.97 Å². The summed E-state index contributed by atoms with van der Waals surface area (Å²) in [4.78, 5) is 23.2. The number of nitrogens with one attached hydrogen (secondary N) is 1. The maximum atomic E-state index is 12.2. The van der Waals surface area contributed by atoms with Crippen LogP contribution in [0.1, 0.15) is 51.9 Å². The zero-order chi connectivity index (χ0) is 14.5. The minimum atomic E-state index is -0.752. The van der Waals surface area contributed by atoms with Gasteiger partial charge in [0.1, 0.15) is 0 Å². The average Bonchev–Trinajstić information content (AvgIpc) is 2.89. The van der Waals surface area contributed by atoms with E-state index in [0.29, 0.717) is 24.1 Å². The van der Waals surface area contributed by atoms with Gasteiger partial charge in [-0.05, 0) is 44.3 Å². The standard InChI is InChI=1S/C15H25NO3S/c1-2-20-13-5-3-4-12(9-13)16-14(17)10-6-7-11(8-10)15(18)19/h10-13H,2-9H2,1H3,(H,16,17)(H,18,19)/t10-,11+,12?,13?/m1/s1. The van der Waals surface area contributed by atoms with Crippen molar-refractivity contribution in [2.45, 2.75) is 63.2 Å². The molecule has 2 N–H and O–H groups in total. The summed E-state index contributed by atoms with van der Waals surface area (Å²) in [5.41, 5.74) is 0. The van der Waals surface area contributed by atoms with Crippen molar-refractivity contribution in [3.8, 4) is 0 Å². The molecular formula is C15H25NO3S. The number of amides is 1. The molecule has 20 heavy (non-hydrogen) atoms. The van der Waals surface area contributed by atoms with Crippen LogP contribution in [-0.2, 0) is 9.59 Å². The molecular weight excluding hydrogens is 274 g/mol. The van der Waals surface area contributed by atoms with Crippen molar-refractivity contribution in [1.82, 2.24) is 5.32 Å². The molecule has 2 aliphatic carbocycles. The van der Waals surface area contributed by atoms with E-state index in [1.807, 2.05) is 11.8 Å². The Balaban J connectivity index is 1.78. The van der Waals surface area contributed by atoms with Crippen LogP contribution in [0.2, 0.25) is 0 Å². The van der Waals surface area contributed by atoms with Gasteiger partial charge in [-0.2, -0.15) is 11.8 Å². The van der Waals surface area contributed by atoms with Gasteiger partial charge < -0.3 is 10.4 Å². The Bertz CT molecular complexity index is 359. The van der Waals surface area contributed by atoms with Crippen LogP contribution >= 0.6 is 11.8 Å². The predicted octanol–water partition coefficient (Wildman–Crippen LogP) is 2.67. The Morgan fingerprint density at radius 2 is 1.90 bits per heavy atom. The molecule has 114 valence electrons. The number of hydrogen-bond acceptors (Lipinski definition) is 3. The maximum absolute atomic E-state index is 12.2. The summed E-state index contributed by atoms with van der Waals surface area (Å²) in [6, 6.07) is 0.296.